The zero-order valence-electron chi connectivity index (χ0n) is 15.1. The average Bonchev–Trinajstić information content (AvgIpc) is 3.40. The maximum absolute atomic E-state index is 12.4. The van der Waals surface area contributed by atoms with E-state index < -0.39 is 0 Å². The van der Waals surface area contributed by atoms with Crippen LogP contribution in [-0.2, 0) is 0 Å². The minimum absolute atomic E-state index is 0.110. The van der Waals surface area contributed by atoms with Crippen molar-refractivity contribution in [1.29, 1.82) is 0 Å². The Hall–Kier alpha value is -3.41. The highest BCUT2D eigenvalue weighted by molar-refractivity contribution is 5.98. The van der Waals surface area contributed by atoms with Crippen LogP contribution in [-0.4, -0.2) is 21.9 Å². The number of carbonyl (C=O) groups excluding carboxylic acids is 1. The molecule has 136 valence electrons. The van der Waals surface area contributed by atoms with Gasteiger partial charge in [0.15, 0.2) is 11.5 Å². The lowest BCUT2D eigenvalue weighted by Gasteiger charge is -2.12. The molecule has 6 nitrogen and oxygen atoms in total. The van der Waals surface area contributed by atoms with E-state index in [1.165, 1.54) is 0 Å². The predicted octanol–water partition coefficient (Wildman–Crippen LogP) is 4.68. The van der Waals surface area contributed by atoms with Gasteiger partial charge in [0.2, 0.25) is 0 Å². The molecule has 1 amide bonds. The molecule has 0 saturated heterocycles. The van der Waals surface area contributed by atoms with Crippen molar-refractivity contribution < 1.29 is 13.6 Å². The topological polar surface area (TPSA) is 81.2 Å². The second-order valence-corrected chi connectivity index (χ2v) is 6.36. The first-order valence-electron chi connectivity index (χ1n) is 8.86. The van der Waals surface area contributed by atoms with Crippen molar-refractivity contribution >= 4 is 16.9 Å². The van der Waals surface area contributed by atoms with E-state index in [-0.39, 0.29) is 11.9 Å². The van der Waals surface area contributed by atoms with Crippen LogP contribution in [0.4, 0.5) is 0 Å². The third-order valence-corrected chi connectivity index (χ3v) is 4.43. The van der Waals surface area contributed by atoms with Gasteiger partial charge in [0, 0.05) is 11.6 Å². The number of furan rings is 2. The Bertz CT molecular complexity index is 1070. The fraction of sp³-hybridized carbons (Fsp3) is 0.190. The smallest absolute Gasteiger partial charge is 0.251 e. The maximum Gasteiger partial charge on any atom is 0.251 e. The summed E-state index contributed by atoms with van der Waals surface area (Å²) in [6.45, 7) is 4.01. The lowest BCUT2D eigenvalue weighted by Crippen LogP contribution is -2.31. The van der Waals surface area contributed by atoms with Gasteiger partial charge in [-0.25, -0.2) is 9.97 Å². The Morgan fingerprint density at radius 3 is 2.19 bits per heavy atom. The van der Waals surface area contributed by atoms with Crippen LogP contribution in [0.1, 0.15) is 30.6 Å². The van der Waals surface area contributed by atoms with E-state index in [0.717, 1.165) is 6.42 Å². The van der Waals surface area contributed by atoms with Gasteiger partial charge >= 0.3 is 0 Å². The van der Waals surface area contributed by atoms with Crippen molar-refractivity contribution in [3.63, 3.8) is 0 Å². The van der Waals surface area contributed by atoms with Gasteiger partial charge in [-0.15, -0.1) is 0 Å². The second kappa shape index (κ2) is 7.07. The first-order valence-corrected chi connectivity index (χ1v) is 8.86. The number of aromatic nitrogens is 2. The van der Waals surface area contributed by atoms with E-state index in [0.29, 0.717) is 39.5 Å². The summed E-state index contributed by atoms with van der Waals surface area (Å²) in [4.78, 5) is 21.9. The summed E-state index contributed by atoms with van der Waals surface area (Å²) in [6.07, 6.45) is 4.05. The molecule has 3 heterocycles. The van der Waals surface area contributed by atoms with Crippen molar-refractivity contribution in [1.82, 2.24) is 15.3 Å². The fourth-order valence-corrected chi connectivity index (χ4v) is 2.77. The van der Waals surface area contributed by atoms with Gasteiger partial charge in [-0.05, 0) is 55.8 Å². The Labute approximate surface area is 156 Å². The highest BCUT2D eigenvalue weighted by atomic mass is 16.3. The lowest BCUT2D eigenvalue weighted by atomic mass is 10.1. The quantitative estimate of drug-likeness (QED) is 0.558. The molecule has 0 saturated carbocycles. The number of fused-ring (bicyclic) bond motifs is 1. The molecule has 6 heteroatoms. The van der Waals surface area contributed by atoms with Gasteiger partial charge in [0.05, 0.1) is 23.6 Å². The monoisotopic (exact) mass is 361 g/mol. The van der Waals surface area contributed by atoms with Crippen LogP contribution < -0.4 is 5.32 Å². The third kappa shape index (κ3) is 3.33. The summed E-state index contributed by atoms with van der Waals surface area (Å²) >= 11 is 0. The zero-order valence-corrected chi connectivity index (χ0v) is 15.1. The molecular formula is C21H19N3O3. The van der Waals surface area contributed by atoms with Crippen molar-refractivity contribution in [2.75, 3.05) is 0 Å². The molecular weight excluding hydrogens is 342 g/mol. The van der Waals surface area contributed by atoms with Crippen LogP contribution in [0, 0.1) is 0 Å². The first kappa shape index (κ1) is 17.0. The van der Waals surface area contributed by atoms with E-state index in [1.807, 2.05) is 26.0 Å². The van der Waals surface area contributed by atoms with E-state index in [2.05, 4.69) is 5.32 Å². The van der Waals surface area contributed by atoms with Crippen molar-refractivity contribution in [2.45, 2.75) is 26.3 Å². The van der Waals surface area contributed by atoms with Gasteiger partial charge in [-0.1, -0.05) is 6.92 Å². The van der Waals surface area contributed by atoms with Gasteiger partial charge in [-0.2, -0.15) is 0 Å². The molecule has 0 fully saturated rings. The fourth-order valence-electron chi connectivity index (χ4n) is 2.77. The standard InChI is InChI=1S/C21H19N3O3/c1-3-13(2)22-21(25)14-8-9-15-16(12-14)24-20(18-7-5-11-27-18)19(23-15)17-6-4-10-26-17/h4-13H,3H2,1-2H3,(H,22,25). The molecule has 3 aromatic heterocycles. The van der Waals surface area contributed by atoms with Crippen molar-refractivity contribution in [2.24, 2.45) is 0 Å². The number of carbonyl (C=O) groups is 1. The minimum Gasteiger partial charge on any atom is -0.463 e. The molecule has 0 aliphatic heterocycles. The Kier molecular flexibility index (Phi) is 4.46. The maximum atomic E-state index is 12.4. The highest BCUT2D eigenvalue weighted by Crippen LogP contribution is 2.31. The van der Waals surface area contributed by atoms with E-state index in [4.69, 9.17) is 18.8 Å². The van der Waals surface area contributed by atoms with Gasteiger partial charge < -0.3 is 14.2 Å². The number of benzene rings is 1. The first-order chi connectivity index (χ1) is 13.2. The Morgan fingerprint density at radius 2 is 1.63 bits per heavy atom. The number of amides is 1. The molecule has 1 N–H and O–H groups in total. The average molecular weight is 361 g/mol. The van der Waals surface area contributed by atoms with Crippen molar-refractivity contribution in [3.05, 3.63) is 60.6 Å². The van der Waals surface area contributed by atoms with Gasteiger partial charge in [-0.3, -0.25) is 4.79 Å². The predicted molar refractivity (Wildman–Crippen MR) is 102 cm³/mol. The van der Waals surface area contributed by atoms with Crippen LogP contribution in [0.25, 0.3) is 33.9 Å². The molecule has 0 aliphatic carbocycles. The van der Waals surface area contributed by atoms with Crippen LogP contribution in [0.15, 0.2) is 63.8 Å². The number of nitrogens with one attached hydrogen (secondary N) is 1. The van der Waals surface area contributed by atoms with E-state index in [1.54, 1.807) is 42.9 Å². The molecule has 0 spiro atoms. The molecule has 1 aromatic carbocycles. The molecule has 27 heavy (non-hydrogen) atoms. The summed E-state index contributed by atoms with van der Waals surface area (Å²) in [7, 11) is 0. The zero-order chi connectivity index (χ0) is 18.8. The Balaban J connectivity index is 1.83. The summed E-state index contributed by atoms with van der Waals surface area (Å²) in [5.74, 6) is 1.07. The number of hydrogen-bond acceptors (Lipinski definition) is 5. The Morgan fingerprint density at radius 1 is 1.00 bits per heavy atom. The number of rotatable bonds is 5. The SMILES string of the molecule is CCC(C)NC(=O)c1ccc2nc(-c3ccco3)c(-c3ccco3)nc2c1. The second-order valence-electron chi connectivity index (χ2n) is 6.36. The molecule has 4 aromatic rings. The molecule has 0 radical (unpaired) electrons. The third-order valence-electron chi connectivity index (χ3n) is 4.43. The molecule has 0 bridgehead atoms. The van der Waals surface area contributed by atoms with Crippen molar-refractivity contribution in [3.8, 4) is 22.9 Å². The minimum atomic E-state index is -0.122. The van der Waals surface area contributed by atoms with Crippen LogP contribution >= 0.6 is 0 Å². The van der Waals surface area contributed by atoms with Crippen LogP contribution in [0.3, 0.4) is 0 Å². The normalized spacial score (nSPS) is 12.2. The van der Waals surface area contributed by atoms with Gasteiger partial charge in [0.1, 0.15) is 11.4 Å². The van der Waals surface area contributed by atoms with E-state index in [9.17, 15) is 4.79 Å². The largest absolute Gasteiger partial charge is 0.463 e. The van der Waals surface area contributed by atoms with Crippen LogP contribution in [0.5, 0.6) is 0 Å². The van der Waals surface area contributed by atoms with Crippen LogP contribution in [0.2, 0.25) is 0 Å². The highest BCUT2D eigenvalue weighted by Gasteiger charge is 2.18. The summed E-state index contributed by atoms with van der Waals surface area (Å²) in [5, 5.41) is 2.97. The summed E-state index contributed by atoms with van der Waals surface area (Å²) in [5.41, 5.74) is 3.01. The number of hydrogen-bond donors (Lipinski definition) is 1. The lowest BCUT2D eigenvalue weighted by molar-refractivity contribution is 0.0939. The molecule has 1 unspecified atom stereocenters. The molecule has 4 rings (SSSR count). The summed E-state index contributed by atoms with van der Waals surface area (Å²) in [6, 6.07) is 12.7. The summed E-state index contributed by atoms with van der Waals surface area (Å²) < 4.78 is 11.0. The number of nitrogens with zero attached hydrogens (tertiary/aromatic N) is 2. The van der Waals surface area contributed by atoms with E-state index >= 15 is 0 Å². The molecule has 1 atom stereocenters. The van der Waals surface area contributed by atoms with Gasteiger partial charge in [0.25, 0.3) is 5.91 Å². The molecule has 0 aliphatic rings.